The highest BCUT2D eigenvalue weighted by atomic mass is 35.5. The Labute approximate surface area is 214 Å². The number of benzene rings is 1. The van der Waals surface area contributed by atoms with E-state index in [1.54, 1.807) is 32.9 Å². The molecule has 1 aromatic heterocycles. The van der Waals surface area contributed by atoms with Crippen LogP contribution < -0.4 is 4.90 Å². The number of carbonyl (C=O) groups is 3. The second-order valence-corrected chi connectivity index (χ2v) is 8.52. The van der Waals surface area contributed by atoms with Crippen molar-refractivity contribution in [2.24, 2.45) is 0 Å². The van der Waals surface area contributed by atoms with Gasteiger partial charge in [0.05, 0.1) is 11.1 Å². The summed E-state index contributed by atoms with van der Waals surface area (Å²) < 4.78 is 10.9. The molecule has 0 fully saturated rings. The van der Waals surface area contributed by atoms with E-state index in [0.29, 0.717) is 34.9 Å². The van der Waals surface area contributed by atoms with Crippen molar-refractivity contribution in [1.29, 1.82) is 0 Å². The Balaban J connectivity index is 0.00000298. The predicted molar refractivity (Wildman–Crippen MR) is 142 cm³/mol. The highest BCUT2D eigenvalue weighted by molar-refractivity contribution is 6.18. The van der Waals surface area contributed by atoms with E-state index in [-0.39, 0.29) is 23.7 Å². The molecular weight excluding hydrogens is 466 g/mol. The third-order valence-electron chi connectivity index (χ3n) is 5.47. The summed E-state index contributed by atoms with van der Waals surface area (Å²) in [4.78, 5) is 39.6. The smallest absolute Gasteiger partial charge is 0.338 e. The van der Waals surface area contributed by atoms with Crippen LogP contribution >= 0.6 is 11.6 Å². The molecule has 2 aromatic rings. The molecule has 7 heteroatoms. The minimum absolute atomic E-state index is 0.0154. The average molecular weight is 504 g/mol. The Hall–Kier alpha value is -2.86. The second-order valence-electron chi connectivity index (χ2n) is 8.14. The number of hydrogen-bond acceptors (Lipinski definition) is 6. The lowest BCUT2D eigenvalue weighted by molar-refractivity contribution is 0.0538. The number of esters is 1. The number of aryl methyl sites for hydroxylation is 2. The molecule has 1 aromatic carbocycles. The van der Waals surface area contributed by atoms with Gasteiger partial charge in [-0.1, -0.05) is 26.8 Å². The van der Waals surface area contributed by atoms with Gasteiger partial charge in [0.2, 0.25) is 5.78 Å². The zero-order valence-corrected chi connectivity index (χ0v) is 23.0. The minimum atomic E-state index is -0.476. The van der Waals surface area contributed by atoms with Crippen molar-refractivity contribution >= 4 is 34.8 Å². The standard InChI is InChI=1S/C26H32ClNO5.C2H6/c1-7-11-28(12-10-27)23-14-21(9-8-16(23)2)26(31)32-15-17(3)19(5)24(30)25-22(20(6)29)13-18(4)33-25;1-2/h8-9,13-14H,7,10-12,15H2,1-6H3;1-2H3/b19-17+;. The molecule has 0 radical (unpaired) electrons. The van der Waals surface area contributed by atoms with Gasteiger partial charge in [0.1, 0.15) is 12.4 Å². The monoisotopic (exact) mass is 503 g/mol. The number of nitrogens with zero attached hydrogens (tertiary/aromatic N) is 1. The molecule has 0 aliphatic rings. The lowest BCUT2D eigenvalue weighted by Crippen LogP contribution is -2.27. The predicted octanol–water partition coefficient (Wildman–Crippen LogP) is 6.96. The molecule has 0 N–H and O–H groups in total. The number of rotatable bonds is 11. The largest absolute Gasteiger partial charge is 0.458 e. The van der Waals surface area contributed by atoms with Gasteiger partial charge in [-0.3, -0.25) is 9.59 Å². The van der Waals surface area contributed by atoms with Gasteiger partial charge in [-0.2, -0.15) is 0 Å². The van der Waals surface area contributed by atoms with Crippen LogP contribution in [0.5, 0.6) is 0 Å². The van der Waals surface area contributed by atoms with Crippen LogP contribution in [0.25, 0.3) is 0 Å². The van der Waals surface area contributed by atoms with Crippen molar-refractivity contribution in [1.82, 2.24) is 0 Å². The van der Waals surface area contributed by atoms with Gasteiger partial charge in [0.15, 0.2) is 11.5 Å². The molecule has 0 bridgehead atoms. The third kappa shape index (κ3) is 8.10. The van der Waals surface area contributed by atoms with Gasteiger partial charge in [-0.15, -0.1) is 11.6 Å². The van der Waals surface area contributed by atoms with E-state index in [9.17, 15) is 14.4 Å². The van der Waals surface area contributed by atoms with Crippen LogP contribution in [0.3, 0.4) is 0 Å². The topological polar surface area (TPSA) is 76.8 Å². The maximum atomic E-state index is 12.9. The van der Waals surface area contributed by atoms with Crippen LogP contribution in [0.2, 0.25) is 0 Å². The Kier molecular flexibility index (Phi) is 12.5. The van der Waals surface area contributed by atoms with E-state index in [2.05, 4.69) is 11.8 Å². The SMILES string of the molecule is CC.CCCN(CCCl)c1cc(C(=O)OC/C(C)=C(\C)C(=O)c2oc(C)cc2C(C)=O)ccc1C. The number of halogens is 1. The second kappa shape index (κ2) is 14.5. The molecule has 35 heavy (non-hydrogen) atoms. The van der Waals surface area contributed by atoms with Crippen molar-refractivity contribution in [2.75, 3.05) is 30.5 Å². The van der Waals surface area contributed by atoms with Crippen LogP contribution in [0, 0.1) is 13.8 Å². The van der Waals surface area contributed by atoms with E-state index in [0.717, 1.165) is 24.2 Å². The first-order valence-electron chi connectivity index (χ1n) is 12.0. The lowest BCUT2D eigenvalue weighted by atomic mass is 10.0. The summed E-state index contributed by atoms with van der Waals surface area (Å²) in [6.45, 7) is 16.0. The molecule has 0 aliphatic heterocycles. The maximum Gasteiger partial charge on any atom is 0.338 e. The summed E-state index contributed by atoms with van der Waals surface area (Å²) in [5.41, 5.74) is 3.65. The van der Waals surface area contributed by atoms with Gasteiger partial charge in [0.25, 0.3) is 0 Å². The summed E-state index contributed by atoms with van der Waals surface area (Å²) in [5, 5.41) is 0. The highest BCUT2D eigenvalue weighted by Crippen LogP contribution is 2.24. The number of ether oxygens (including phenoxy) is 1. The molecule has 0 saturated heterocycles. The van der Waals surface area contributed by atoms with Crippen LogP contribution in [-0.2, 0) is 4.74 Å². The number of Topliss-reactive ketones (excluding diaryl/α,β-unsaturated/α-hetero) is 2. The molecule has 0 unspecified atom stereocenters. The van der Waals surface area contributed by atoms with Gasteiger partial charge >= 0.3 is 5.97 Å². The number of furan rings is 1. The van der Waals surface area contributed by atoms with Gasteiger partial charge < -0.3 is 14.1 Å². The zero-order valence-electron chi connectivity index (χ0n) is 22.2. The van der Waals surface area contributed by atoms with Crippen molar-refractivity contribution in [3.05, 3.63) is 63.6 Å². The van der Waals surface area contributed by atoms with Crippen LogP contribution in [-0.4, -0.2) is 43.1 Å². The quantitative estimate of drug-likeness (QED) is 0.143. The van der Waals surface area contributed by atoms with E-state index >= 15 is 0 Å². The summed E-state index contributed by atoms with van der Waals surface area (Å²) >= 11 is 5.96. The zero-order chi connectivity index (χ0) is 26.7. The Bertz CT molecular complexity index is 1060. The van der Waals surface area contributed by atoms with E-state index in [1.807, 2.05) is 32.9 Å². The highest BCUT2D eigenvalue weighted by Gasteiger charge is 2.23. The molecule has 6 nitrogen and oxygen atoms in total. The number of ketones is 2. The van der Waals surface area contributed by atoms with Gasteiger partial charge in [0, 0.05) is 30.2 Å². The number of alkyl halides is 1. The Morgan fingerprint density at radius 1 is 1.03 bits per heavy atom. The average Bonchev–Trinajstić information content (AvgIpc) is 3.24. The Morgan fingerprint density at radius 2 is 1.69 bits per heavy atom. The van der Waals surface area contributed by atoms with Crippen LogP contribution in [0.1, 0.15) is 90.6 Å². The first-order chi connectivity index (χ1) is 16.6. The van der Waals surface area contributed by atoms with Crippen LogP contribution in [0.15, 0.2) is 39.8 Å². The number of anilines is 1. The van der Waals surface area contributed by atoms with E-state index in [4.69, 9.17) is 20.8 Å². The molecule has 0 atom stereocenters. The summed E-state index contributed by atoms with van der Waals surface area (Å²) in [7, 11) is 0. The molecule has 0 saturated carbocycles. The molecule has 0 aliphatic carbocycles. The molecule has 192 valence electrons. The first-order valence-corrected chi connectivity index (χ1v) is 12.5. The first kappa shape index (κ1) is 30.2. The molecule has 2 rings (SSSR count). The van der Waals surface area contributed by atoms with Crippen molar-refractivity contribution in [2.45, 2.75) is 61.8 Å². The molecular formula is C28H38ClNO5. The summed E-state index contributed by atoms with van der Waals surface area (Å²) in [6, 6.07) is 7.00. The summed E-state index contributed by atoms with van der Waals surface area (Å²) in [6.07, 6.45) is 0.961. The lowest BCUT2D eigenvalue weighted by Gasteiger charge is -2.25. The molecule has 1 heterocycles. The minimum Gasteiger partial charge on any atom is -0.458 e. The van der Waals surface area contributed by atoms with E-state index < -0.39 is 11.8 Å². The van der Waals surface area contributed by atoms with Gasteiger partial charge in [-0.25, -0.2) is 4.79 Å². The van der Waals surface area contributed by atoms with E-state index in [1.165, 1.54) is 6.92 Å². The Morgan fingerprint density at radius 3 is 2.26 bits per heavy atom. The van der Waals surface area contributed by atoms with Crippen molar-refractivity contribution < 1.29 is 23.5 Å². The number of allylic oxidation sites excluding steroid dienone is 1. The van der Waals surface area contributed by atoms with Gasteiger partial charge in [-0.05, 0) is 70.4 Å². The fraction of sp³-hybridized carbons (Fsp3) is 0.464. The maximum absolute atomic E-state index is 12.9. The fourth-order valence-electron chi connectivity index (χ4n) is 3.48. The van der Waals surface area contributed by atoms with Crippen molar-refractivity contribution in [3.8, 4) is 0 Å². The number of hydrogen-bond donors (Lipinski definition) is 0. The normalized spacial score (nSPS) is 11.2. The van der Waals surface area contributed by atoms with Crippen molar-refractivity contribution in [3.63, 3.8) is 0 Å². The third-order valence-corrected chi connectivity index (χ3v) is 5.64. The number of carbonyl (C=O) groups excluding carboxylic acids is 3. The summed E-state index contributed by atoms with van der Waals surface area (Å²) in [5.74, 6) is -0.115. The fourth-order valence-corrected chi connectivity index (χ4v) is 3.68. The van der Waals surface area contributed by atoms with Crippen LogP contribution in [0.4, 0.5) is 5.69 Å². The molecule has 0 amide bonds. The molecule has 0 spiro atoms.